The van der Waals surface area contributed by atoms with Gasteiger partial charge < -0.3 is 14.4 Å². The number of aromatic nitrogens is 2. The molecule has 6 heteroatoms. The Morgan fingerprint density at radius 2 is 2.32 bits per heavy atom. The minimum absolute atomic E-state index is 0.135. The topological polar surface area (TPSA) is 64.4 Å². The molecule has 0 unspecified atom stereocenters. The molecular formula is C13H13ClN2O3. The van der Waals surface area contributed by atoms with Gasteiger partial charge in [0.05, 0.1) is 28.8 Å². The number of carboxylic acid groups (broad SMARTS) is 1. The zero-order chi connectivity index (χ0) is 13.8. The lowest BCUT2D eigenvalue weighted by atomic mass is 10.2. The van der Waals surface area contributed by atoms with E-state index in [9.17, 15) is 4.79 Å². The van der Waals surface area contributed by atoms with E-state index in [1.54, 1.807) is 18.6 Å². The van der Waals surface area contributed by atoms with Crippen molar-refractivity contribution >= 4 is 17.6 Å². The molecule has 2 rings (SSSR count). The second-order valence-electron chi connectivity index (χ2n) is 3.91. The van der Waals surface area contributed by atoms with Gasteiger partial charge in [0.2, 0.25) is 0 Å². The van der Waals surface area contributed by atoms with Crippen LogP contribution in [-0.2, 0) is 13.2 Å². The molecule has 0 saturated carbocycles. The Morgan fingerprint density at radius 1 is 1.53 bits per heavy atom. The second-order valence-corrected chi connectivity index (χ2v) is 4.32. The molecule has 0 aliphatic carbocycles. The fraction of sp³-hybridized carbons (Fsp3) is 0.231. The number of ether oxygens (including phenoxy) is 1. The molecule has 1 aromatic carbocycles. The highest BCUT2D eigenvalue weighted by Gasteiger charge is 2.09. The van der Waals surface area contributed by atoms with Crippen molar-refractivity contribution in [1.29, 1.82) is 0 Å². The summed E-state index contributed by atoms with van der Waals surface area (Å²) in [6.07, 6.45) is 3.46. The van der Waals surface area contributed by atoms with Crippen molar-refractivity contribution in [3.05, 3.63) is 47.0 Å². The quantitative estimate of drug-likeness (QED) is 0.915. The summed E-state index contributed by atoms with van der Waals surface area (Å²) in [5.41, 5.74) is 1.07. The summed E-state index contributed by atoms with van der Waals surface area (Å²) in [6, 6.07) is 4.38. The standard InChI is InChI=1S/C13H13ClN2O3/c1-2-16-8-15-6-10(16)7-19-12-4-3-9(13(17)18)5-11(12)14/h3-6,8H,2,7H2,1H3,(H,17,18). The fourth-order valence-electron chi connectivity index (χ4n) is 1.66. The van der Waals surface area contributed by atoms with E-state index in [1.165, 1.54) is 12.1 Å². The average molecular weight is 281 g/mol. The van der Waals surface area contributed by atoms with Crippen LogP contribution in [-0.4, -0.2) is 20.6 Å². The molecule has 0 fully saturated rings. The molecule has 0 saturated heterocycles. The van der Waals surface area contributed by atoms with Crippen molar-refractivity contribution in [3.63, 3.8) is 0 Å². The molecule has 0 spiro atoms. The Hall–Kier alpha value is -2.01. The normalized spacial score (nSPS) is 10.4. The van der Waals surface area contributed by atoms with Crippen LogP contribution in [0.15, 0.2) is 30.7 Å². The van der Waals surface area contributed by atoms with Gasteiger partial charge in [0.1, 0.15) is 12.4 Å². The van der Waals surface area contributed by atoms with Crippen LogP contribution in [0.1, 0.15) is 23.0 Å². The maximum atomic E-state index is 10.8. The van der Waals surface area contributed by atoms with Gasteiger partial charge in [-0.15, -0.1) is 0 Å². The number of carbonyl (C=O) groups is 1. The van der Waals surface area contributed by atoms with E-state index in [2.05, 4.69) is 4.98 Å². The van der Waals surface area contributed by atoms with E-state index in [1.807, 2.05) is 11.5 Å². The van der Waals surface area contributed by atoms with Crippen molar-refractivity contribution in [2.45, 2.75) is 20.1 Å². The van der Waals surface area contributed by atoms with Crippen LogP contribution < -0.4 is 4.74 Å². The average Bonchev–Trinajstić information content (AvgIpc) is 2.84. The van der Waals surface area contributed by atoms with Gasteiger partial charge in [0, 0.05) is 6.54 Å². The van der Waals surface area contributed by atoms with Crippen LogP contribution in [0, 0.1) is 0 Å². The fourth-order valence-corrected chi connectivity index (χ4v) is 1.89. The summed E-state index contributed by atoms with van der Waals surface area (Å²) in [6.45, 7) is 3.16. The van der Waals surface area contributed by atoms with Gasteiger partial charge in [0.25, 0.3) is 0 Å². The summed E-state index contributed by atoms with van der Waals surface area (Å²) >= 11 is 5.98. The molecule has 5 nitrogen and oxygen atoms in total. The zero-order valence-electron chi connectivity index (χ0n) is 10.3. The van der Waals surface area contributed by atoms with Crippen LogP contribution in [0.4, 0.5) is 0 Å². The van der Waals surface area contributed by atoms with Gasteiger partial charge in [-0.25, -0.2) is 9.78 Å². The molecule has 0 aliphatic rings. The summed E-state index contributed by atoms with van der Waals surface area (Å²) in [5.74, 6) is -0.562. The number of hydrogen-bond acceptors (Lipinski definition) is 3. The number of aryl methyl sites for hydroxylation is 1. The summed E-state index contributed by atoms with van der Waals surface area (Å²) < 4.78 is 7.53. The summed E-state index contributed by atoms with van der Waals surface area (Å²) in [4.78, 5) is 14.8. The molecule has 1 aromatic heterocycles. The molecule has 0 aliphatic heterocycles. The Morgan fingerprint density at radius 3 is 2.95 bits per heavy atom. The molecule has 1 heterocycles. The van der Waals surface area contributed by atoms with Crippen molar-refractivity contribution in [3.8, 4) is 5.75 Å². The van der Waals surface area contributed by atoms with Crippen molar-refractivity contribution < 1.29 is 14.6 Å². The molecular weight excluding hydrogens is 268 g/mol. The van der Waals surface area contributed by atoms with Gasteiger partial charge in [-0.2, -0.15) is 0 Å². The third-order valence-electron chi connectivity index (χ3n) is 2.69. The number of aromatic carboxylic acids is 1. The van der Waals surface area contributed by atoms with Crippen LogP contribution >= 0.6 is 11.6 Å². The molecule has 0 amide bonds. The van der Waals surface area contributed by atoms with E-state index >= 15 is 0 Å². The minimum atomic E-state index is -1.02. The first kappa shape index (κ1) is 13.4. The monoisotopic (exact) mass is 280 g/mol. The molecule has 0 bridgehead atoms. The number of halogens is 1. The third-order valence-corrected chi connectivity index (χ3v) is 2.99. The molecule has 19 heavy (non-hydrogen) atoms. The maximum absolute atomic E-state index is 10.8. The first-order valence-corrected chi connectivity index (χ1v) is 6.14. The lowest BCUT2D eigenvalue weighted by Crippen LogP contribution is -2.04. The van der Waals surface area contributed by atoms with Gasteiger partial charge in [0.15, 0.2) is 0 Å². The Balaban J connectivity index is 2.10. The Bertz CT molecular complexity index is 595. The molecule has 0 atom stereocenters. The summed E-state index contributed by atoms with van der Waals surface area (Å²) in [5, 5.41) is 9.12. The third kappa shape index (κ3) is 3.06. The summed E-state index contributed by atoms with van der Waals surface area (Å²) in [7, 11) is 0. The SMILES string of the molecule is CCn1cncc1COc1ccc(C(=O)O)cc1Cl. The number of rotatable bonds is 5. The highest BCUT2D eigenvalue weighted by atomic mass is 35.5. The minimum Gasteiger partial charge on any atom is -0.486 e. The van der Waals surface area contributed by atoms with Crippen LogP contribution in [0.5, 0.6) is 5.75 Å². The Kier molecular flexibility index (Phi) is 4.06. The van der Waals surface area contributed by atoms with Gasteiger partial charge in [-0.05, 0) is 25.1 Å². The molecule has 100 valence electrons. The predicted octanol–water partition coefficient (Wildman–Crippen LogP) is 2.83. The second kappa shape index (κ2) is 5.75. The van der Waals surface area contributed by atoms with Crippen LogP contribution in [0.3, 0.4) is 0 Å². The number of carboxylic acids is 1. The molecule has 0 radical (unpaired) electrons. The van der Waals surface area contributed by atoms with Crippen molar-refractivity contribution in [2.75, 3.05) is 0 Å². The zero-order valence-corrected chi connectivity index (χ0v) is 11.1. The van der Waals surface area contributed by atoms with Gasteiger partial charge in [-0.1, -0.05) is 11.6 Å². The van der Waals surface area contributed by atoms with Gasteiger partial charge >= 0.3 is 5.97 Å². The van der Waals surface area contributed by atoms with Gasteiger partial charge in [-0.3, -0.25) is 0 Å². The number of nitrogens with zero attached hydrogens (tertiary/aromatic N) is 2. The van der Waals surface area contributed by atoms with Crippen LogP contribution in [0.2, 0.25) is 5.02 Å². The smallest absolute Gasteiger partial charge is 0.335 e. The maximum Gasteiger partial charge on any atom is 0.335 e. The van der Waals surface area contributed by atoms with Crippen molar-refractivity contribution in [2.24, 2.45) is 0 Å². The largest absolute Gasteiger partial charge is 0.486 e. The van der Waals surface area contributed by atoms with E-state index in [0.29, 0.717) is 12.4 Å². The lowest BCUT2D eigenvalue weighted by Gasteiger charge is -2.09. The highest BCUT2D eigenvalue weighted by Crippen LogP contribution is 2.26. The molecule has 1 N–H and O–H groups in total. The Labute approximate surface area is 115 Å². The van der Waals surface area contributed by atoms with E-state index in [-0.39, 0.29) is 10.6 Å². The van der Waals surface area contributed by atoms with E-state index in [0.717, 1.165) is 12.2 Å². The number of benzene rings is 1. The lowest BCUT2D eigenvalue weighted by molar-refractivity contribution is 0.0697. The number of hydrogen-bond donors (Lipinski definition) is 1. The van der Waals surface area contributed by atoms with E-state index in [4.69, 9.17) is 21.4 Å². The first-order chi connectivity index (χ1) is 9.11. The van der Waals surface area contributed by atoms with Crippen LogP contribution in [0.25, 0.3) is 0 Å². The predicted molar refractivity (Wildman–Crippen MR) is 70.6 cm³/mol. The number of imidazole rings is 1. The highest BCUT2D eigenvalue weighted by molar-refractivity contribution is 6.32. The van der Waals surface area contributed by atoms with E-state index < -0.39 is 5.97 Å². The first-order valence-electron chi connectivity index (χ1n) is 5.76. The molecule has 2 aromatic rings. The van der Waals surface area contributed by atoms with Crippen molar-refractivity contribution in [1.82, 2.24) is 9.55 Å².